The maximum Gasteiger partial charge on any atom is 0.508 e. The molecule has 0 fully saturated rings. The number of carbonyl (C=O) groups is 2. The molecule has 0 unspecified atom stereocenters. The van der Waals surface area contributed by atoms with Crippen LogP contribution in [0.15, 0.2) is 66.9 Å². The third kappa shape index (κ3) is 8.59. The molecule has 0 radical (unpaired) electrons. The molecular weight excluding hydrogens is 569 g/mol. The zero-order valence-corrected chi connectivity index (χ0v) is 23.0. The number of ether oxygens (including phenoxy) is 3. The summed E-state index contributed by atoms with van der Waals surface area (Å²) in [4.78, 5) is 33.0. The van der Waals surface area contributed by atoms with E-state index in [1.54, 1.807) is 26.0 Å². The molecule has 2 aromatic carbocycles. The Bertz CT molecular complexity index is 1620. The Morgan fingerprint density at radius 1 is 0.953 bits per heavy atom. The maximum absolute atomic E-state index is 13.0. The minimum absolute atomic E-state index is 0.0132. The van der Waals surface area contributed by atoms with Crippen molar-refractivity contribution in [2.75, 3.05) is 6.61 Å². The van der Waals surface area contributed by atoms with E-state index >= 15 is 0 Å². The number of esters is 1. The molecule has 2 aromatic heterocycles. The topological polar surface area (TPSA) is 142 Å². The second-order valence-electron chi connectivity index (χ2n) is 9.73. The average molecular weight is 595 g/mol. The maximum atomic E-state index is 13.0. The number of hydrogen-bond acceptors (Lipinski definition) is 10. The molecule has 0 spiro atoms. The number of rotatable bonds is 10. The summed E-state index contributed by atoms with van der Waals surface area (Å²) < 4.78 is 54.5. The molecule has 4 rings (SSSR count). The number of halogens is 3. The van der Waals surface area contributed by atoms with Crippen molar-refractivity contribution in [3.8, 4) is 28.7 Å². The summed E-state index contributed by atoms with van der Waals surface area (Å²) in [5.41, 5.74) is -0.420. The first-order valence-corrected chi connectivity index (χ1v) is 12.8. The molecule has 4 aromatic rings. The molecule has 0 bridgehead atoms. The van der Waals surface area contributed by atoms with Gasteiger partial charge in [-0.25, -0.2) is 14.8 Å². The van der Waals surface area contributed by atoms with Crippen LogP contribution in [0, 0.1) is 11.3 Å². The van der Waals surface area contributed by atoms with E-state index in [4.69, 9.17) is 14.2 Å². The van der Waals surface area contributed by atoms with Crippen LogP contribution in [0.1, 0.15) is 37.2 Å². The van der Waals surface area contributed by atoms with Crippen molar-refractivity contribution < 1.29 is 37.0 Å². The first kappa shape index (κ1) is 30.6. The van der Waals surface area contributed by atoms with E-state index in [1.807, 2.05) is 36.4 Å². The lowest BCUT2D eigenvalue weighted by Crippen LogP contribution is -2.32. The predicted molar refractivity (Wildman–Crippen MR) is 144 cm³/mol. The monoisotopic (exact) mass is 594 g/mol. The summed E-state index contributed by atoms with van der Waals surface area (Å²) >= 11 is 0. The molecule has 2 heterocycles. The fraction of sp³-hybridized carbons (Fsp3) is 0.276. The van der Waals surface area contributed by atoms with Crippen molar-refractivity contribution in [2.45, 2.75) is 45.2 Å². The van der Waals surface area contributed by atoms with Crippen LogP contribution in [-0.2, 0) is 38.3 Å². The van der Waals surface area contributed by atoms with E-state index in [2.05, 4.69) is 20.2 Å². The Hall–Kier alpha value is -5.32. The second kappa shape index (κ2) is 13.1. The smallest absolute Gasteiger partial charge is 0.461 e. The SMILES string of the molecule is CC(C)(CC(=O)OCc1ccccc1)OC(=O)OCCn1nc(C#N)c(-c2ccc(-c3nccc(C(F)(F)F)n3)cc2)n1. The minimum atomic E-state index is -4.61. The van der Waals surface area contributed by atoms with Gasteiger partial charge in [0.2, 0.25) is 0 Å². The number of nitrogens with zero attached hydrogens (tertiary/aromatic N) is 6. The van der Waals surface area contributed by atoms with E-state index in [1.165, 1.54) is 12.1 Å². The van der Waals surface area contributed by atoms with Crippen molar-refractivity contribution >= 4 is 12.1 Å². The molecule has 0 aliphatic rings. The lowest BCUT2D eigenvalue weighted by atomic mass is 10.1. The Kier molecular flexibility index (Phi) is 9.34. The molecule has 43 heavy (non-hydrogen) atoms. The molecular formula is C29H25F3N6O5. The van der Waals surface area contributed by atoms with Gasteiger partial charge in [0.25, 0.3) is 0 Å². The summed E-state index contributed by atoms with van der Waals surface area (Å²) in [6, 6.07) is 18.0. The number of carbonyl (C=O) groups excluding carboxylic acids is 2. The summed E-state index contributed by atoms with van der Waals surface area (Å²) in [7, 11) is 0. The summed E-state index contributed by atoms with van der Waals surface area (Å²) in [5.74, 6) is -0.656. The largest absolute Gasteiger partial charge is 0.508 e. The van der Waals surface area contributed by atoms with Crippen molar-refractivity contribution in [1.82, 2.24) is 25.0 Å². The number of alkyl halides is 3. The zero-order chi connectivity index (χ0) is 31.0. The van der Waals surface area contributed by atoms with Crippen LogP contribution < -0.4 is 0 Å². The standard InChI is InChI=1S/C29H25F3N6O5/c1-28(2,16-24(39)42-18-19-6-4-3-5-7-19)43-27(40)41-15-14-38-36-22(17-33)25(37-38)20-8-10-21(11-9-20)26-34-13-12-23(35-26)29(30,31)32/h3-13H,14-16,18H2,1-2H3. The van der Waals surface area contributed by atoms with Crippen molar-refractivity contribution in [1.29, 1.82) is 5.26 Å². The van der Waals surface area contributed by atoms with Gasteiger partial charge in [-0.05, 0) is 25.5 Å². The van der Waals surface area contributed by atoms with E-state index in [9.17, 15) is 28.0 Å². The summed E-state index contributed by atoms with van der Waals surface area (Å²) in [6.45, 7) is 2.97. The Morgan fingerprint density at radius 3 is 2.33 bits per heavy atom. The van der Waals surface area contributed by atoms with Gasteiger partial charge in [-0.15, -0.1) is 5.10 Å². The van der Waals surface area contributed by atoms with Gasteiger partial charge < -0.3 is 14.2 Å². The third-order valence-corrected chi connectivity index (χ3v) is 5.81. The fourth-order valence-corrected chi connectivity index (χ4v) is 3.79. The fourth-order valence-electron chi connectivity index (χ4n) is 3.79. The highest BCUT2D eigenvalue weighted by atomic mass is 19.4. The Balaban J connectivity index is 1.30. The van der Waals surface area contributed by atoms with Gasteiger partial charge in [0.1, 0.15) is 36.3 Å². The van der Waals surface area contributed by atoms with Gasteiger partial charge in [-0.3, -0.25) is 4.79 Å². The summed E-state index contributed by atoms with van der Waals surface area (Å²) in [6.07, 6.45) is -4.78. The average Bonchev–Trinajstić information content (AvgIpc) is 3.39. The van der Waals surface area contributed by atoms with Crippen LogP contribution in [-0.4, -0.2) is 49.3 Å². The predicted octanol–water partition coefficient (Wildman–Crippen LogP) is 5.36. The van der Waals surface area contributed by atoms with Gasteiger partial charge in [0, 0.05) is 17.3 Å². The van der Waals surface area contributed by atoms with Gasteiger partial charge in [-0.2, -0.15) is 28.3 Å². The molecule has 0 aliphatic heterocycles. The van der Waals surface area contributed by atoms with Crippen LogP contribution in [0.5, 0.6) is 0 Å². The highest BCUT2D eigenvalue weighted by molar-refractivity contribution is 5.71. The second-order valence-corrected chi connectivity index (χ2v) is 9.73. The van der Waals surface area contributed by atoms with Crippen molar-refractivity contribution in [3.05, 3.63) is 83.8 Å². The van der Waals surface area contributed by atoms with Gasteiger partial charge >= 0.3 is 18.3 Å². The van der Waals surface area contributed by atoms with Crippen LogP contribution in [0.4, 0.5) is 18.0 Å². The molecule has 0 amide bonds. The van der Waals surface area contributed by atoms with Gasteiger partial charge in [0.15, 0.2) is 11.5 Å². The highest BCUT2D eigenvalue weighted by Gasteiger charge is 2.33. The summed E-state index contributed by atoms with van der Waals surface area (Å²) in [5, 5.41) is 17.9. The molecule has 11 nitrogen and oxygen atoms in total. The number of hydrogen-bond donors (Lipinski definition) is 0. The van der Waals surface area contributed by atoms with E-state index in [0.717, 1.165) is 22.6 Å². The van der Waals surface area contributed by atoms with Crippen LogP contribution in [0.2, 0.25) is 0 Å². The first-order chi connectivity index (χ1) is 20.4. The van der Waals surface area contributed by atoms with Gasteiger partial charge in [0.05, 0.1) is 13.0 Å². The zero-order valence-electron chi connectivity index (χ0n) is 23.0. The van der Waals surface area contributed by atoms with E-state index < -0.39 is 29.6 Å². The van der Waals surface area contributed by atoms with Gasteiger partial charge in [-0.1, -0.05) is 54.6 Å². The number of benzene rings is 2. The number of nitriles is 1. The van der Waals surface area contributed by atoms with Crippen LogP contribution in [0.3, 0.4) is 0 Å². The number of aromatic nitrogens is 5. The van der Waals surface area contributed by atoms with Crippen LogP contribution >= 0.6 is 0 Å². The first-order valence-electron chi connectivity index (χ1n) is 12.8. The lowest BCUT2D eigenvalue weighted by Gasteiger charge is -2.23. The molecule has 0 atom stereocenters. The van der Waals surface area contributed by atoms with Crippen molar-refractivity contribution in [2.24, 2.45) is 0 Å². The van der Waals surface area contributed by atoms with Crippen molar-refractivity contribution in [3.63, 3.8) is 0 Å². The van der Waals surface area contributed by atoms with E-state index in [0.29, 0.717) is 11.1 Å². The highest BCUT2D eigenvalue weighted by Crippen LogP contribution is 2.29. The molecule has 0 aliphatic carbocycles. The molecule has 0 saturated carbocycles. The minimum Gasteiger partial charge on any atom is -0.461 e. The normalized spacial score (nSPS) is 11.4. The molecule has 0 N–H and O–H groups in total. The van der Waals surface area contributed by atoms with Crippen LogP contribution in [0.25, 0.3) is 22.6 Å². The Labute approximate surface area is 243 Å². The van der Waals surface area contributed by atoms with E-state index in [-0.39, 0.29) is 43.4 Å². The Morgan fingerprint density at radius 2 is 1.65 bits per heavy atom. The molecule has 0 saturated heterocycles. The lowest BCUT2D eigenvalue weighted by molar-refractivity contribution is -0.150. The molecule has 14 heteroatoms. The quantitative estimate of drug-likeness (QED) is 0.220. The third-order valence-electron chi connectivity index (χ3n) is 5.81. The molecule has 222 valence electrons.